The summed E-state index contributed by atoms with van der Waals surface area (Å²) < 4.78 is 33.5. The van der Waals surface area contributed by atoms with Crippen molar-refractivity contribution in [3.63, 3.8) is 0 Å². The summed E-state index contributed by atoms with van der Waals surface area (Å²) in [5.74, 6) is 0.579. The van der Waals surface area contributed by atoms with E-state index in [0.717, 1.165) is 37.0 Å². The van der Waals surface area contributed by atoms with Gasteiger partial charge in [0.2, 0.25) is 15.9 Å². The molecule has 0 unspecified atom stereocenters. The molecule has 3 aromatic rings. The molecular weight excluding hydrogens is 470 g/mol. The molecule has 0 radical (unpaired) electrons. The Morgan fingerprint density at radius 1 is 1.00 bits per heavy atom. The average Bonchev–Trinajstić information content (AvgIpc) is 3.32. The number of likely N-dealkylation sites (tertiary alicyclic amines) is 1. The van der Waals surface area contributed by atoms with Crippen molar-refractivity contribution in [2.24, 2.45) is 0 Å². The molecule has 180 valence electrons. The van der Waals surface area contributed by atoms with Crippen LogP contribution in [-0.2, 0) is 26.0 Å². The van der Waals surface area contributed by atoms with E-state index < -0.39 is 10.0 Å². The van der Waals surface area contributed by atoms with Gasteiger partial charge in [0, 0.05) is 38.5 Å². The summed E-state index contributed by atoms with van der Waals surface area (Å²) in [5, 5.41) is 1.18. The van der Waals surface area contributed by atoms with Crippen molar-refractivity contribution in [2.75, 3.05) is 39.4 Å². The second-order valence-corrected chi connectivity index (χ2v) is 11.8. The number of carbonyl (C=O) groups excluding carboxylic acids is 1. The van der Waals surface area contributed by atoms with E-state index in [1.807, 2.05) is 29.2 Å². The molecule has 2 saturated heterocycles. The van der Waals surface area contributed by atoms with Crippen molar-refractivity contribution < 1.29 is 17.9 Å². The van der Waals surface area contributed by atoms with E-state index >= 15 is 0 Å². The maximum absolute atomic E-state index is 12.8. The minimum Gasteiger partial charge on any atom is -0.379 e. The third-order valence-electron chi connectivity index (χ3n) is 6.67. The molecule has 0 saturated carbocycles. The Labute approximate surface area is 204 Å². The minimum absolute atomic E-state index is 0.160. The average molecular weight is 500 g/mol. The number of thiazole rings is 1. The van der Waals surface area contributed by atoms with Crippen LogP contribution in [0.4, 0.5) is 0 Å². The van der Waals surface area contributed by atoms with E-state index in [0.29, 0.717) is 50.0 Å². The standard InChI is InChI=1S/C25H29N3O4S2/c29-24(27-13-11-20(12-14-27)25-26-22-3-1-2-4-23(22)33-25)10-7-19-5-8-21(9-6-19)34(30,31)28-15-17-32-18-16-28/h1-6,8-9,20H,7,10-18H2. The first-order valence-corrected chi connectivity index (χ1v) is 14.1. The highest BCUT2D eigenvalue weighted by Crippen LogP contribution is 2.34. The molecule has 1 amide bonds. The zero-order chi connectivity index (χ0) is 23.5. The molecule has 34 heavy (non-hydrogen) atoms. The Balaban J connectivity index is 1.12. The first kappa shape index (κ1) is 23.4. The molecule has 9 heteroatoms. The smallest absolute Gasteiger partial charge is 0.243 e. The fourth-order valence-electron chi connectivity index (χ4n) is 4.61. The number of fused-ring (bicyclic) bond motifs is 1. The lowest BCUT2D eigenvalue weighted by Crippen LogP contribution is -2.40. The molecule has 0 spiro atoms. The lowest BCUT2D eigenvalue weighted by atomic mass is 9.97. The fraction of sp³-hybridized carbons (Fsp3) is 0.440. The van der Waals surface area contributed by atoms with E-state index in [2.05, 4.69) is 12.1 Å². The molecule has 3 heterocycles. The van der Waals surface area contributed by atoms with Crippen LogP contribution in [0.1, 0.15) is 35.8 Å². The van der Waals surface area contributed by atoms with Gasteiger partial charge in [-0.2, -0.15) is 4.31 Å². The maximum Gasteiger partial charge on any atom is 0.243 e. The van der Waals surface area contributed by atoms with Crippen molar-refractivity contribution >= 4 is 37.5 Å². The number of aryl methyl sites for hydroxylation is 1. The van der Waals surface area contributed by atoms with E-state index in [1.165, 1.54) is 14.0 Å². The number of ether oxygens (including phenoxy) is 1. The predicted molar refractivity (Wildman–Crippen MR) is 133 cm³/mol. The zero-order valence-electron chi connectivity index (χ0n) is 19.1. The van der Waals surface area contributed by atoms with E-state index in [-0.39, 0.29) is 5.91 Å². The Bertz CT molecular complexity index is 1210. The van der Waals surface area contributed by atoms with Crippen molar-refractivity contribution in [3.05, 3.63) is 59.1 Å². The minimum atomic E-state index is -3.49. The number of para-hydroxylation sites is 1. The second kappa shape index (κ2) is 10.1. The second-order valence-electron chi connectivity index (χ2n) is 8.84. The first-order chi connectivity index (χ1) is 16.5. The van der Waals surface area contributed by atoms with Gasteiger partial charge in [-0.15, -0.1) is 11.3 Å². The van der Waals surface area contributed by atoms with Crippen LogP contribution >= 0.6 is 11.3 Å². The van der Waals surface area contributed by atoms with Crippen molar-refractivity contribution in [3.8, 4) is 0 Å². The molecule has 0 aliphatic carbocycles. The number of carbonyl (C=O) groups is 1. The van der Waals surface area contributed by atoms with Gasteiger partial charge < -0.3 is 9.64 Å². The number of aromatic nitrogens is 1. The molecule has 0 N–H and O–H groups in total. The number of nitrogens with zero attached hydrogens (tertiary/aromatic N) is 3. The molecule has 7 nitrogen and oxygen atoms in total. The molecule has 0 bridgehead atoms. The quantitative estimate of drug-likeness (QED) is 0.517. The summed E-state index contributed by atoms with van der Waals surface area (Å²) in [6, 6.07) is 15.2. The number of amides is 1. The summed E-state index contributed by atoms with van der Waals surface area (Å²) >= 11 is 1.77. The predicted octanol–water partition coefficient (Wildman–Crippen LogP) is 3.66. The molecular formula is C25H29N3O4S2. The van der Waals surface area contributed by atoms with Crippen LogP contribution in [0.3, 0.4) is 0 Å². The number of hydrogen-bond acceptors (Lipinski definition) is 6. The number of sulfonamides is 1. The highest BCUT2D eigenvalue weighted by atomic mass is 32.2. The Morgan fingerprint density at radius 2 is 1.71 bits per heavy atom. The number of benzene rings is 2. The molecule has 1 aromatic heterocycles. The molecule has 5 rings (SSSR count). The van der Waals surface area contributed by atoms with Gasteiger partial charge in [0.05, 0.1) is 33.3 Å². The summed E-state index contributed by atoms with van der Waals surface area (Å²) in [7, 11) is -3.49. The topological polar surface area (TPSA) is 79.8 Å². The number of hydrogen-bond donors (Lipinski definition) is 0. The lowest BCUT2D eigenvalue weighted by Gasteiger charge is -2.31. The van der Waals surface area contributed by atoms with Crippen LogP contribution in [0.2, 0.25) is 0 Å². The lowest BCUT2D eigenvalue weighted by molar-refractivity contribution is -0.132. The van der Waals surface area contributed by atoms with Gasteiger partial charge in [-0.05, 0) is 49.1 Å². The number of morpholine rings is 1. The van der Waals surface area contributed by atoms with Gasteiger partial charge in [0.1, 0.15) is 0 Å². The third-order valence-corrected chi connectivity index (χ3v) is 9.78. The molecule has 2 aliphatic heterocycles. The van der Waals surface area contributed by atoms with Crippen LogP contribution in [0.15, 0.2) is 53.4 Å². The summed E-state index contributed by atoms with van der Waals surface area (Å²) in [6.45, 7) is 3.14. The zero-order valence-corrected chi connectivity index (χ0v) is 20.7. The van der Waals surface area contributed by atoms with E-state index in [1.54, 1.807) is 23.5 Å². The van der Waals surface area contributed by atoms with E-state index in [9.17, 15) is 13.2 Å². The largest absolute Gasteiger partial charge is 0.379 e. The Morgan fingerprint density at radius 3 is 2.41 bits per heavy atom. The van der Waals surface area contributed by atoms with Gasteiger partial charge in [-0.1, -0.05) is 24.3 Å². The maximum atomic E-state index is 12.8. The van der Waals surface area contributed by atoms with Crippen LogP contribution in [-0.4, -0.2) is 67.9 Å². The fourth-order valence-corrected chi connectivity index (χ4v) is 7.16. The first-order valence-electron chi connectivity index (χ1n) is 11.8. The van der Waals surface area contributed by atoms with Gasteiger partial charge in [-0.3, -0.25) is 4.79 Å². The van der Waals surface area contributed by atoms with Crippen LogP contribution in [0.25, 0.3) is 10.2 Å². The van der Waals surface area contributed by atoms with Crippen molar-refractivity contribution in [1.82, 2.24) is 14.2 Å². The molecule has 2 aliphatic rings. The van der Waals surface area contributed by atoms with Crippen molar-refractivity contribution in [1.29, 1.82) is 0 Å². The Hall–Kier alpha value is -2.33. The van der Waals surface area contributed by atoms with Crippen molar-refractivity contribution in [2.45, 2.75) is 36.5 Å². The van der Waals surface area contributed by atoms with Gasteiger partial charge in [0.25, 0.3) is 0 Å². The molecule has 2 aromatic carbocycles. The normalized spacial score (nSPS) is 18.4. The monoisotopic (exact) mass is 499 g/mol. The summed E-state index contributed by atoms with van der Waals surface area (Å²) in [5.41, 5.74) is 2.03. The Kier molecular flexibility index (Phi) is 6.96. The number of rotatable bonds is 6. The van der Waals surface area contributed by atoms with Crippen LogP contribution in [0, 0.1) is 0 Å². The van der Waals surface area contributed by atoms with Gasteiger partial charge >= 0.3 is 0 Å². The van der Waals surface area contributed by atoms with Gasteiger partial charge in [-0.25, -0.2) is 13.4 Å². The highest BCUT2D eigenvalue weighted by molar-refractivity contribution is 7.89. The van der Waals surface area contributed by atoms with Gasteiger partial charge in [0.15, 0.2) is 0 Å². The van der Waals surface area contributed by atoms with Crippen LogP contribution < -0.4 is 0 Å². The number of piperidine rings is 1. The molecule has 0 atom stereocenters. The SMILES string of the molecule is O=C(CCc1ccc(S(=O)(=O)N2CCOCC2)cc1)N1CCC(c2nc3ccccc3s2)CC1. The third kappa shape index (κ3) is 5.02. The summed E-state index contributed by atoms with van der Waals surface area (Å²) in [4.78, 5) is 19.8. The highest BCUT2D eigenvalue weighted by Gasteiger charge is 2.27. The molecule has 2 fully saturated rings. The van der Waals surface area contributed by atoms with E-state index in [4.69, 9.17) is 9.72 Å². The van der Waals surface area contributed by atoms with Crippen LogP contribution in [0.5, 0.6) is 0 Å². The summed E-state index contributed by atoms with van der Waals surface area (Å²) in [6.07, 6.45) is 2.93.